The highest BCUT2D eigenvalue weighted by atomic mass is 16.2. The Morgan fingerprint density at radius 1 is 1.26 bits per heavy atom. The summed E-state index contributed by atoms with van der Waals surface area (Å²) in [6, 6.07) is 9.98. The van der Waals surface area contributed by atoms with Crippen LogP contribution in [0.3, 0.4) is 0 Å². The standard InChI is InChI=1S/C19H23N3O/c1-14-7-10-22(11-8-14)19(23)21-17-6-5-15(2)18(12-17)16-4-3-9-20-13-16/h3-6,9,12-14H,7-8,10-11H2,1-2H3,(H,21,23). The highest BCUT2D eigenvalue weighted by Crippen LogP contribution is 2.26. The first-order valence-corrected chi connectivity index (χ1v) is 8.20. The van der Waals surface area contributed by atoms with Crippen LogP contribution in [0.5, 0.6) is 0 Å². The number of hydrogen-bond acceptors (Lipinski definition) is 2. The third kappa shape index (κ3) is 3.70. The summed E-state index contributed by atoms with van der Waals surface area (Å²) >= 11 is 0. The lowest BCUT2D eigenvalue weighted by Crippen LogP contribution is -2.40. The Bertz CT molecular complexity index is 676. The van der Waals surface area contributed by atoms with Crippen LogP contribution >= 0.6 is 0 Å². The minimum absolute atomic E-state index is 0.00195. The van der Waals surface area contributed by atoms with Gasteiger partial charge in [0.25, 0.3) is 0 Å². The fourth-order valence-corrected chi connectivity index (χ4v) is 2.95. The Hall–Kier alpha value is -2.36. The molecule has 0 unspecified atom stereocenters. The SMILES string of the molecule is Cc1ccc(NC(=O)N2CCC(C)CC2)cc1-c1cccnc1. The molecular weight excluding hydrogens is 286 g/mol. The number of benzene rings is 1. The van der Waals surface area contributed by atoms with E-state index in [1.807, 2.05) is 41.4 Å². The molecule has 0 atom stereocenters. The van der Waals surface area contributed by atoms with Crippen molar-refractivity contribution < 1.29 is 4.79 Å². The van der Waals surface area contributed by atoms with E-state index in [2.05, 4.69) is 24.1 Å². The zero-order valence-electron chi connectivity index (χ0n) is 13.7. The van der Waals surface area contributed by atoms with E-state index in [4.69, 9.17) is 0 Å². The van der Waals surface area contributed by atoms with Crippen molar-refractivity contribution in [2.24, 2.45) is 5.92 Å². The predicted molar refractivity (Wildman–Crippen MR) is 93.4 cm³/mol. The van der Waals surface area contributed by atoms with E-state index >= 15 is 0 Å². The molecule has 1 fully saturated rings. The number of amides is 2. The highest BCUT2D eigenvalue weighted by molar-refractivity contribution is 5.90. The number of piperidine rings is 1. The summed E-state index contributed by atoms with van der Waals surface area (Å²) in [6.07, 6.45) is 5.78. The van der Waals surface area contributed by atoms with E-state index in [9.17, 15) is 4.79 Å². The van der Waals surface area contributed by atoms with Gasteiger partial charge < -0.3 is 10.2 Å². The van der Waals surface area contributed by atoms with Crippen LogP contribution in [0.25, 0.3) is 11.1 Å². The lowest BCUT2D eigenvalue weighted by atomic mass is 9.99. The number of carbonyl (C=O) groups is 1. The van der Waals surface area contributed by atoms with Gasteiger partial charge in [-0.05, 0) is 55.0 Å². The number of aryl methyl sites for hydroxylation is 1. The number of pyridine rings is 1. The van der Waals surface area contributed by atoms with Crippen LogP contribution in [0.1, 0.15) is 25.3 Å². The van der Waals surface area contributed by atoms with Crippen LogP contribution in [0.4, 0.5) is 10.5 Å². The van der Waals surface area contributed by atoms with Gasteiger partial charge in [-0.15, -0.1) is 0 Å². The summed E-state index contributed by atoms with van der Waals surface area (Å²) in [6.45, 7) is 6.00. The van der Waals surface area contributed by atoms with Crippen molar-refractivity contribution >= 4 is 11.7 Å². The van der Waals surface area contributed by atoms with Crippen molar-refractivity contribution in [1.29, 1.82) is 0 Å². The molecule has 2 amide bonds. The topological polar surface area (TPSA) is 45.2 Å². The second-order valence-corrected chi connectivity index (χ2v) is 6.37. The van der Waals surface area contributed by atoms with Crippen LogP contribution in [-0.4, -0.2) is 29.0 Å². The van der Waals surface area contributed by atoms with Crippen LogP contribution < -0.4 is 5.32 Å². The maximum atomic E-state index is 12.4. The van der Waals surface area contributed by atoms with Crippen molar-refractivity contribution in [3.05, 3.63) is 48.3 Å². The molecule has 23 heavy (non-hydrogen) atoms. The molecule has 2 aromatic rings. The molecule has 1 N–H and O–H groups in total. The van der Waals surface area contributed by atoms with Crippen molar-refractivity contribution in [1.82, 2.24) is 9.88 Å². The molecule has 4 nitrogen and oxygen atoms in total. The lowest BCUT2D eigenvalue weighted by Gasteiger charge is -2.30. The summed E-state index contributed by atoms with van der Waals surface area (Å²) in [7, 11) is 0. The van der Waals surface area contributed by atoms with Gasteiger partial charge in [0.05, 0.1) is 0 Å². The summed E-state index contributed by atoms with van der Waals surface area (Å²) < 4.78 is 0. The number of carbonyl (C=O) groups excluding carboxylic acids is 1. The predicted octanol–water partition coefficient (Wildman–Crippen LogP) is 4.32. The van der Waals surface area contributed by atoms with Gasteiger partial charge in [-0.2, -0.15) is 0 Å². The Morgan fingerprint density at radius 2 is 2.04 bits per heavy atom. The lowest BCUT2D eigenvalue weighted by molar-refractivity contribution is 0.186. The third-order valence-electron chi connectivity index (χ3n) is 4.53. The summed E-state index contributed by atoms with van der Waals surface area (Å²) in [5, 5.41) is 3.03. The largest absolute Gasteiger partial charge is 0.325 e. The normalized spacial score (nSPS) is 15.5. The molecule has 0 spiro atoms. The van der Waals surface area contributed by atoms with Gasteiger partial charge in [0.1, 0.15) is 0 Å². The van der Waals surface area contributed by atoms with Gasteiger partial charge in [-0.3, -0.25) is 4.98 Å². The Labute approximate surface area is 137 Å². The van der Waals surface area contributed by atoms with E-state index in [1.165, 1.54) is 5.56 Å². The second-order valence-electron chi connectivity index (χ2n) is 6.37. The molecule has 1 aliphatic heterocycles. The summed E-state index contributed by atoms with van der Waals surface area (Å²) in [5.41, 5.74) is 4.16. The quantitative estimate of drug-likeness (QED) is 0.898. The van der Waals surface area contributed by atoms with Gasteiger partial charge in [0.2, 0.25) is 0 Å². The van der Waals surface area contributed by atoms with E-state index in [1.54, 1.807) is 6.20 Å². The average Bonchev–Trinajstić information content (AvgIpc) is 2.58. The Morgan fingerprint density at radius 3 is 2.74 bits per heavy atom. The van der Waals surface area contributed by atoms with Crippen molar-refractivity contribution in [3.8, 4) is 11.1 Å². The van der Waals surface area contributed by atoms with Crippen LogP contribution in [0.2, 0.25) is 0 Å². The van der Waals surface area contributed by atoms with Crippen molar-refractivity contribution in [3.63, 3.8) is 0 Å². The van der Waals surface area contributed by atoms with Gasteiger partial charge in [0, 0.05) is 36.7 Å². The fraction of sp³-hybridized carbons (Fsp3) is 0.368. The number of nitrogens with one attached hydrogen (secondary N) is 1. The minimum Gasteiger partial charge on any atom is -0.325 e. The van der Waals surface area contributed by atoms with Crippen LogP contribution in [0, 0.1) is 12.8 Å². The van der Waals surface area contributed by atoms with Crippen LogP contribution in [-0.2, 0) is 0 Å². The molecule has 1 aliphatic rings. The van der Waals surface area contributed by atoms with E-state index in [0.29, 0.717) is 0 Å². The average molecular weight is 309 g/mol. The second kappa shape index (κ2) is 6.82. The highest BCUT2D eigenvalue weighted by Gasteiger charge is 2.20. The van der Waals surface area contributed by atoms with Gasteiger partial charge in [-0.1, -0.05) is 19.1 Å². The molecule has 120 valence electrons. The van der Waals surface area contributed by atoms with Crippen molar-refractivity contribution in [2.45, 2.75) is 26.7 Å². The first kappa shape index (κ1) is 15.5. The molecule has 1 aromatic carbocycles. The molecule has 1 aromatic heterocycles. The zero-order chi connectivity index (χ0) is 16.2. The van der Waals surface area contributed by atoms with Gasteiger partial charge in [-0.25, -0.2) is 4.79 Å². The first-order chi connectivity index (χ1) is 11.1. The molecule has 0 saturated carbocycles. The molecule has 0 bridgehead atoms. The minimum atomic E-state index is -0.00195. The van der Waals surface area contributed by atoms with E-state index in [-0.39, 0.29) is 6.03 Å². The monoisotopic (exact) mass is 309 g/mol. The summed E-state index contributed by atoms with van der Waals surface area (Å²) in [4.78, 5) is 18.5. The first-order valence-electron chi connectivity index (χ1n) is 8.20. The molecule has 0 radical (unpaired) electrons. The van der Waals surface area contributed by atoms with Gasteiger partial charge in [0.15, 0.2) is 0 Å². The fourth-order valence-electron chi connectivity index (χ4n) is 2.95. The van der Waals surface area contributed by atoms with Crippen LogP contribution in [0.15, 0.2) is 42.7 Å². The zero-order valence-corrected chi connectivity index (χ0v) is 13.7. The maximum Gasteiger partial charge on any atom is 0.321 e. The Kier molecular flexibility index (Phi) is 4.60. The van der Waals surface area contributed by atoms with E-state index < -0.39 is 0 Å². The van der Waals surface area contributed by atoms with E-state index in [0.717, 1.165) is 48.7 Å². The smallest absolute Gasteiger partial charge is 0.321 e. The number of urea groups is 1. The number of hydrogen-bond donors (Lipinski definition) is 1. The molecule has 4 heteroatoms. The van der Waals surface area contributed by atoms with Gasteiger partial charge >= 0.3 is 6.03 Å². The molecular formula is C19H23N3O. The number of aromatic nitrogens is 1. The molecule has 2 heterocycles. The molecule has 0 aliphatic carbocycles. The Balaban J connectivity index is 1.75. The number of nitrogens with zero attached hydrogens (tertiary/aromatic N) is 2. The third-order valence-corrected chi connectivity index (χ3v) is 4.53. The summed E-state index contributed by atoms with van der Waals surface area (Å²) in [5.74, 6) is 0.718. The van der Waals surface area contributed by atoms with Crippen molar-refractivity contribution in [2.75, 3.05) is 18.4 Å². The molecule has 1 saturated heterocycles. The number of rotatable bonds is 2. The number of anilines is 1. The number of likely N-dealkylation sites (tertiary alicyclic amines) is 1. The maximum absolute atomic E-state index is 12.4. The molecule has 3 rings (SSSR count).